The van der Waals surface area contributed by atoms with Gasteiger partial charge < -0.3 is 14.3 Å². The Morgan fingerprint density at radius 2 is 1.73 bits per heavy atom. The Labute approximate surface area is 152 Å². The molecule has 0 bridgehead atoms. The molecule has 26 heavy (non-hydrogen) atoms. The fourth-order valence-corrected chi connectivity index (χ4v) is 3.28. The highest BCUT2D eigenvalue weighted by molar-refractivity contribution is 5.92. The monoisotopic (exact) mass is 356 g/mol. The molecule has 1 aliphatic heterocycles. The van der Waals surface area contributed by atoms with Crippen molar-refractivity contribution in [1.29, 1.82) is 0 Å². The van der Waals surface area contributed by atoms with Crippen molar-refractivity contribution in [2.24, 2.45) is 0 Å². The van der Waals surface area contributed by atoms with Gasteiger partial charge in [0.05, 0.1) is 0 Å². The second-order valence-electron chi connectivity index (χ2n) is 6.62. The van der Waals surface area contributed by atoms with Crippen LogP contribution in [0.2, 0.25) is 0 Å². The highest BCUT2D eigenvalue weighted by Gasteiger charge is 2.21. The highest BCUT2D eigenvalue weighted by Crippen LogP contribution is 2.21. The molecule has 0 aliphatic carbocycles. The first kappa shape index (κ1) is 18.0. The summed E-state index contributed by atoms with van der Waals surface area (Å²) >= 11 is 0. The number of carbonyl (C=O) groups is 2. The number of aryl methyl sites for hydroxylation is 2. The zero-order chi connectivity index (χ0) is 18.8. The van der Waals surface area contributed by atoms with Crippen molar-refractivity contribution in [3.8, 4) is 5.82 Å². The van der Waals surface area contributed by atoms with Crippen LogP contribution in [0.1, 0.15) is 29.6 Å². The molecule has 1 fully saturated rings. The molecular formula is C19H24N4O3. The van der Waals surface area contributed by atoms with Crippen LogP contribution in [0.15, 0.2) is 22.7 Å². The minimum absolute atomic E-state index is 0.0321. The first-order chi connectivity index (χ1) is 12.4. The lowest BCUT2D eigenvalue weighted by molar-refractivity contribution is -0.135. The van der Waals surface area contributed by atoms with E-state index in [-0.39, 0.29) is 11.8 Å². The van der Waals surface area contributed by atoms with Gasteiger partial charge in [-0.3, -0.25) is 14.2 Å². The SMILES string of the molecule is CC(=O)N1CCN(C(=O)/C=C/c2cc(C)n(-c3cc(C)on3)c2C)CC1. The summed E-state index contributed by atoms with van der Waals surface area (Å²) in [6, 6.07) is 3.91. The predicted molar refractivity (Wildman–Crippen MR) is 97.9 cm³/mol. The second kappa shape index (κ2) is 7.19. The number of hydrogen-bond donors (Lipinski definition) is 0. The van der Waals surface area contributed by atoms with E-state index in [0.29, 0.717) is 26.2 Å². The van der Waals surface area contributed by atoms with Gasteiger partial charge in [0.25, 0.3) is 0 Å². The molecule has 0 unspecified atom stereocenters. The van der Waals surface area contributed by atoms with Crippen LogP contribution in [-0.4, -0.2) is 57.5 Å². The van der Waals surface area contributed by atoms with Gasteiger partial charge in [-0.25, -0.2) is 0 Å². The van der Waals surface area contributed by atoms with Crippen molar-refractivity contribution in [3.63, 3.8) is 0 Å². The van der Waals surface area contributed by atoms with Crippen LogP contribution in [0.5, 0.6) is 0 Å². The Hall–Kier alpha value is -2.83. The standard InChI is InChI=1S/C19H24N4O3/c1-13-11-17(15(3)23(13)18-12-14(2)26-20-18)5-6-19(25)22-9-7-21(8-10-22)16(4)24/h5-6,11-12H,7-10H2,1-4H3/b6-5+. The third-order valence-corrected chi connectivity index (χ3v) is 4.76. The number of amides is 2. The Balaban J connectivity index is 1.71. The van der Waals surface area contributed by atoms with Crippen LogP contribution in [0.3, 0.4) is 0 Å². The molecule has 0 atom stereocenters. The Morgan fingerprint density at radius 1 is 1.08 bits per heavy atom. The minimum atomic E-state index is -0.0321. The van der Waals surface area contributed by atoms with Crippen molar-refractivity contribution in [1.82, 2.24) is 19.5 Å². The average Bonchev–Trinajstić information content (AvgIpc) is 3.15. The van der Waals surface area contributed by atoms with E-state index in [9.17, 15) is 9.59 Å². The fourth-order valence-electron chi connectivity index (χ4n) is 3.28. The quantitative estimate of drug-likeness (QED) is 0.790. The van der Waals surface area contributed by atoms with E-state index in [1.807, 2.05) is 43.5 Å². The van der Waals surface area contributed by atoms with Gasteiger partial charge in [-0.15, -0.1) is 0 Å². The zero-order valence-electron chi connectivity index (χ0n) is 15.7. The first-order valence-corrected chi connectivity index (χ1v) is 8.72. The van der Waals surface area contributed by atoms with E-state index in [4.69, 9.17) is 4.52 Å². The van der Waals surface area contributed by atoms with Crippen molar-refractivity contribution in [2.45, 2.75) is 27.7 Å². The average molecular weight is 356 g/mol. The molecular weight excluding hydrogens is 332 g/mol. The van der Waals surface area contributed by atoms with Gasteiger partial charge in [-0.1, -0.05) is 5.16 Å². The van der Waals surface area contributed by atoms with Crippen molar-refractivity contribution in [3.05, 3.63) is 40.9 Å². The third kappa shape index (κ3) is 3.56. The van der Waals surface area contributed by atoms with Crippen LogP contribution >= 0.6 is 0 Å². The molecule has 0 N–H and O–H groups in total. The summed E-state index contributed by atoms with van der Waals surface area (Å²) in [5.74, 6) is 1.52. The van der Waals surface area contributed by atoms with E-state index in [1.165, 1.54) is 0 Å². The summed E-state index contributed by atoms with van der Waals surface area (Å²) in [6.07, 6.45) is 3.44. The normalized spacial score (nSPS) is 15.1. The molecule has 0 spiro atoms. The van der Waals surface area contributed by atoms with E-state index in [1.54, 1.807) is 22.8 Å². The summed E-state index contributed by atoms with van der Waals surface area (Å²) < 4.78 is 7.17. The van der Waals surface area contributed by atoms with Gasteiger partial charge in [-0.2, -0.15) is 0 Å². The van der Waals surface area contributed by atoms with Crippen molar-refractivity contribution < 1.29 is 14.1 Å². The lowest BCUT2D eigenvalue weighted by atomic mass is 10.2. The largest absolute Gasteiger partial charge is 0.360 e. The molecule has 3 rings (SSSR count). The Morgan fingerprint density at radius 3 is 2.31 bits per heavy atom. The Kier molecular flexibility index (Phi) is 4.97. The summed E-state index contributed by atoms with van der Waals surface area (Å²) in [5.41, 5.74) is 3.00. The van der Waals surface area contributed by atoms with Crippen molar-refractivity contribution >= 4 is 17.9 Å². The highest BCUT2D eigenvalue weighted by atomic mass is 16.5. The molecule has 7 nitrogen and oxygen atoms in total. The maximum Gasteiger partial charge on any atom is 0.246 e. The third-order valence-electron chi connectivity index (χ3n) is 4.76. The summed E-state index contributed by atoms with van der Waals surface area (Å²) in [7, 11) is 0. The lowest BCUT2D eigenvalue weighted by Crippen LogP contribution is -2.49. The summed E-state index contributed by atoms with van der Waals surface area (Å²) in [5, 5.41) is 4.07. The van der Waals surface area contributed by atoms with Crippen LogP contribution in [0.25, 0.3) is 11.9 Å². The second-order valence-corrected chi connectivity index (χ2v) is 6.62. The molecule has 2 aromatic heterocycles. The number of carbonyl (C=O) groups excluding carboxylic acids is 2. The van der Waals surface area contributed by atoms with E-state index in [0.717, 1.165) is 28.5 Å². The number of rotatable bonds is 3. The molecule has 7 heteroatoms. The predicted octanol–water partition coefficient (Wildman–Crippen LogP) is 2.09. The van der Waals surface area contributed by atoms with E-state index < -0.39 is 0 Å². The van der Waals surface area contributed by atoms with Gasteiger partial charge in [0, 0.05) is 56.6 Å². The maximum atomic E-state index is 12.4. The van der Waals surface area contributed by atoms with Crippen molar-refractivity contribution in [2.75, 3.05) is 26.2 Å². The lowest BCUT2D eigenvalue weighted by Gasteiger charge is -2.33. The zero-order valence-corrected chi connectivity index (χ0v) is 15.7. The van der Waals surface area contributed by atoms with Crippen LogP contribution < -0.4 is 0 Å². The minimum Gasteiger partial charge on any atom is -0.360 e. The smallest absolute Gasteiger partial charge is 0.246 e. The summed E-state index contributed by atoms with van der Waals surface area (Å²) in [4.78, 5) is 27.3. The molecule has 0 radical (unpaired) electrons. The maximum absolute atomic E-state index is 12.4. The van der Waals surface area contributed by atoms with Gasteiger partial charge in [0.2, 0.25) is 11.8 Å². The van der Waals surface area contributed by atoms with Gasteiger partial charge in [-0.05, 0) is 38.5 Å². The molecule has 3 heterocycles. The topological polar surface area (TPSA) is 71.6 Å². The summed E-state index contributed by atoms with van der Waals surface area (Å²) in [6.45, 7) is 9.73. The Bertz CT molecular complexity index is 854. The van der Waals surface area contributed by atoms with Crippen LogP contribution in [-0.2, 0) is 9.59 Å². The molecule has 138 valence electrons. The van der Waals surface area contributed by atoms with E-state index >= 15 is 0 Å². The van der Waals surface area contributed by atoms with Gasteiger partial charge >= 0.3 is 0 Å². The molecule has 2 amide bonds. The molecule has 2 aromatic rings. The van der Waals surface area contributed by atoms with Crippen LogP contribution in [0, 0.1) is 20.8 Å². The van der Waals surface area contributed by atoms with Gasteiger partial charge in [0.1, 0.15) is 5.76 Å². The van der Waals surface area contributed by atoms with Crippen LogP contribution in [0.4, 0.5) is 0 Å². The van der Waals surface area contributed by atoms with E-state index in [2.05, 4.69) is 5.16 Å². The molecule has 1 aliphatic rings. The number of nitrogens with zero attached hydrogens (tertiary/aromatic N) is 4. The molecule has 1 saturated heterocycles. The fraction of sp³-hybridized carbons (Fsp3) is 0.421. The number of hydrogen-bond acceptors (Lipinski definition) is 4. The number of piperazine rings is 1. The van der Waals surface area contributed by atoms with Gasteiger partial charge in [0.15, 0.2) is 5.82 Å². The number of aromatic nitrogens is 2. The first-order valence-electron chi connectivity index (χ1n) is 8.72. The molecule has 0 saturated carbocycles. The molecule has 0 aromatic carbocycles.